The molecular weight excluding hydrogens is 216 g/mol. The molecule has 1 amide bonds. The number of carbonyl (C=O) groups is 2. The Labute approximate surface area is 90.6 Å². The number of nitrogens with two attached hydrogens (primary N) is 1. The molecule has 0 aromatic heterocycles. The molecule has 0 aromatic carbocycles. The lowest BCUT2D eigenvalue weighted by Gasteiger charge is -2.49. The first-order chi connectivity index (χ1) is 7.07. The van der Waals surface area contributed by atoms with E-state index >= 15 is 0 Å². The quantitative estimate of drug-likeness (QED) is 0.634. The number of fused-ring (bicyclic) bond motifs is 1. The first kappa shape index (κ1) is 10.3. The van der Waals surface area contributed by atoms with Crippen LogP contribution in [0.25, 0.3) is 0 Å². The summed E-state index contributed by atoms with van der Waals surface area (Å²) in [7, 11) is 0. The van der Waals surface area contributed by atoms with E-state index in [-0.39, 0.29) is 11.3 Å². The molecule has 2 heterocycles. The molecule has 5 nitrogen and oxygen atoms in total. The highest BCUT2D eigenvalue weighted by molar-refractivity contribution is 8.03. The number of hydrogen-bond donors (Lipinski definition) is 2. The Morgan fingerprint density at radius 1 is 1.73 bits per heavy atom. The summed E-state index contributed by atoms with van der Waals surface area (Å²) in [5.74, 6) is -1.36. The third-order valence-electron chi connectivity index (χ3n) is 2.53. The van der Waals surface area contributed by atoms with Crippen LogP contribution in [0.15, 0.2) is 23.6 Å². The molecule has 0 bridgehead atoms. The van der Waals surface area contributed by atoms with Crippen molar-refractivity contribution in [2.24, 2.45) is 5.73 Å². The van der Waals surface area contributed by atoms with Crippen LogP contribution in [0.1, 0.15) is 0 Å². The third kappa shape index (κ3) is 1.29. The highest BCUT2D eigenvalue weighted by Crippen LogP contribution is 2.39. The summed E-state index contributed by atoms with van der Waals surface area (Å²) in [4.78, 5) is 23.8. The van der Waals surface area contributed by atoms with Crippen LogP contribution in [0.3, 0.4) is 0 Å². The molecule has 80 valence electrons. The van der Waals surface area contributed by atoms with Crippen LogP contribution >= 0.6 is 11.8 Å². The molecule has 0 spiro atoms. The highest BCUT2D eigenvalue weighted by Gasteiger charge is 2.53. The molecule has 0 radical (unpaired) electrons. The van der Waals surface area contributed by atoms with Gasteiger partial charge in [-0.2, -0.15) is 0 Å². The third-order valence-corrected chi connectivity index (χ3v) is 3.74. The number of aliphatic carboxylic acids is 1. The fraction of sp³-hybridized carbons (Fsp3) is 0.333. The maximum atomic E-state index is 11.4. The number of amides is 1. The monoisotopic (exact) mass is 226 g/mol. The lowest BCUT2D eigenvalue weighted by Crippen LogP contribution is -2.72. The highest BCUT2D eigenvalue weighted by atomic mass is 32.2. The van der Waals surface area contributed by atoms with Crippen LogP contribution in [-0.2, 0) is 9.59 Å². The van der Waals surface area contributed by atoms with E-state index < -0.39 is 18.1 Å². The molecule has 2 aliphatic heterocycles. The minimum absolute atomic E-state index is 0.248. The molecule has 0 aromatic rings. The smallest absolute Gasteiger partial charge is 0.331 e. The van der Waals surface area contributed by atoms with Gasteiger partial charge in [0.25, 0.3) is 0 Å². The van der Waals surface area contributed by atoms with Gasteiger partial charge in [0.2, 0.25) is 5.91 Å². The number of thioether (sulfide) groups is 1. The van der Waals surface area contributed by atoms with E-state index in [0.29, 0.717) is 5.57 Å². The molecule has 3 unspecified atom stereocenters. The molecule has 3 atom stereocenters. The Morgan fingerprint density at radius 3 is 2.93 bits per heavy atom. The summed E-state index contributed by atoms with van der Waals surface area (Å²) in [5, 5.41) is 10.5. The SMILES string of the molecule is C=CC1=CSC2C(N)C(=O)N2C1C(=O)O. The van der Waals surface area contributed by atoms with Crippen molar-refractivity contribution >= 4 is 23.6 Å². The number of carboxylic acid groups (broad SMARTS) is 1. The zero-order valence-electron chi connectivity index (χ0n) is 7.79. The van der Waals surface area contributed by atoms with E-state index in [2.05, 4.69) is 6.58 Å². The topological polar surface area (TPSA) is 83.6 Å². The number of carboxylic acids is 1. The summed E-state index contributed by atoms with van der Waals surface area (Å²) in [6.07, 6.45) is 1.46. The van der Waals surface area contributed by atoms with Gasteiger partial charge in [-0.05, 0) is 11.0 Å². The van der Waals surface area contributed by atoms with E-state index in [1.807, 2.05) is 0 Å². The van der Waals surface area contributed by atoms with Crippen LogP contribution in [0.2, 0.25) is 0 Å². The largest absolute Gasteiger partial charge is 0.479 e. The van der Waals surface area contributed by atoms with Crippen LogP contribution < -0.4 is 5.73 Å². The zero-order chi connectivity index (χ0) is 11.2. The minimum atomic E-state index is -1.05. The molecule has 15 heavy (non-hydrogen) atoms. The Morgan fingerprint density at radius 2 is 2.40 bits per heavy atom. The van der Waals surface area contributed by atoms with Crippen LogP contribution in [0, 0.1) is 0 Å². The van der Waals surface area contributed by atoms with E-state index in [1.165, 1.54) is 22.7 Å². The van der Waals surface area contributed by atoms with Crippen molar-refractivity contribution in [1.29, 1.82) is 0 Å². The second-order valence-corrected chi connectivity index (χ2v) is 4.35. The standard InChI is InChI=1S/C9H10N2O3S/c1-2-4-3-15-8-5(10)7(12)11(8)6(4)9(13)14/h2-3,5-6,8H,1,10H2,(H,13,14). The summed E-state index contributed by atoms with van der Waals surface area (Å²) in [5.41, 5.74) is 6.10. The predicted molar refractivity (Wildman–Crippen MR) is 55.9 cm³/mol. The van der Waals surface area contributed by atoms with Crippen molar-refractivity contribution in [3.63, 3.8) is 0 Å². The van der Waals surface area contributed by atoms with Gasteiger partial charge in [0.1, 0.15) is 11.4 Å². The first-order valence-corrected chi connectivity index (χ1v) is 5.30. The fourth-order valence-electron chi connectivity index (χ4n) is 1.73. The number of carbonyl (C=O) groups excluding carboxylic acids is 1. The van der Waals surface area contributed by atoms with Gasteiger partial charge < -0.3 is 15.7 Å². The van der Waals surface area contributed by atoms with Gasteiger partial charge in [-0.15, -0.1) is 11.8 Å². The Kier molecular flexibility index (Phi) is 2.32. The lowest BCUT2D eigenvalue weighted by atomic mass is 9.99. The predicted octanol–water partition coefficient (Wildman–Crippen LogP) is -0.248. The van der Waals surface area contributed by atoms with E-state index in [9.17, 15) is 9.59 Å². The number of β-lactam (4-membered cyclic amide) rings is 1. The molecule has 1 fully saturated rings. The number of hydrogen-bond acceptors (Lipinski definition) is 4. The van der Waals surface area contributed by atoms with Crippen LogP contribution in [-0.4, -0.2) is 39.3 Å². The Hall–Kier alpha value is -1.27. The molecule has 2 rings (SSSR count). The maximum absolute atomic E-state index is 11.4. The van der Waals surface area contributed by atoms with Crippen LogP contribution in [0.5, 0.6) is 0 Å². The zero-order valence-corrected chi connectivity index (χ0v) is 8.61. The van der Waals surface area contributed by atoms with Crippen molar-refractivity contribution in [2.45, 2.75) is 17.5 Å². The van der Waals surface area contributed by atoms with Crippen molar-refractivity contribution in [3.8, 4) is 0 Å². The van der Waals surface area contributed by atoms with E-state index in [4.69, 9.17) is 10.8 Å². The molecule has 0 saturated carbocycles. The Balaban J connectivity index is 2.35. The van der Waals surface area contributed by atoms with Gasteiger partial charge in [-0.25, -0.2) is 4.79 Å². The second-order valence-electron chi connectivity index (χ2n) is 3.36. The molecule has 1 saturated heterocycles. The number of nitrogens with zero attached hydrogens (tertiary/aromatic N) is 1. The molecule has 0 aliphatic carbocycles. The lowest BCUT2D eigenvalue weighted by molar-refractivity contribution is -0.157. The summed E-state index contributed by atoms with van der Waals surface area (Å²) >= 11 is 1.36. The summed E-state index contributed by atoms with van der Waals surface area (Å²) in [6, 6.07) is -1.51. The summed E-state index contributed by atoms with van der Waals surface area (Å²) < 4.78 is 0. The fourth-order valence-corrected chi connectivity index (χ4v) is 2.89. The maximum Gasteiger partial charge on any atom is 0.331 e. The van der Waals surface area contributed by atoms with Gasteiger partial charge in [0, 0.05) is 0 Å². The number of rotatable bonds is 2. The van der Waals surface area contributed by atoms with Gasteiger partial charge in [-0.1, -0.05) is 12.7 Å². The Bertz CT molecular complexity index is 380. The van der Waals surface area contributed by atoms with Crippen molar-refractivity contribution in [3.05, 3.63) is 23.6 Å². The average Bonchev–Trinajstić information content (AvgIpc) is 2.25. The molecule has 6 heteroatoms. The van der Waals surface area contributed by atoms with E-state index in [1.54, 1.807) is 5.41 Å². The van der Waals surface area contributed by atoms with Gasteiger partial charge >= 0.3 is 5.97 Å². The minimum Gasteiger partial charge on any atom is -0.479 e. The normalized spacial score (nSPS) is 33.9. The molecule has 2 aliphatic rings. The van der Waals surface area contributed by atoms with Crippen molar-refractivity contribution in [2.75, 3.05) is 0 Å². The van der Waals surface area contributed by atoms with Gasteiger partial charge in [-0.3, -0.25) is 4.79 Å². The molecule has 3 N–H and O–H groups in total. The molecular formula is C9H10N2O3S. The first-order valence-electron chi connectivity index (χ1n) is 4.36. The van der Waals surface area contributed by atoms with Crippen LogP contribution in [0.4, 0.5) is 0 Å². The van der Waals surface area contributed by atoms with E-state index in [0.717, 1.165) is 0 Å². The summed E-state index contributed by atoms with van der Waals surface area (Å²) in [6.45, 7) is 3.53. The van der Waals surface area contributed by atoms with Crippen molar-refractivity contribution in [1.82, 2.24) is 4.90 Å². The second kappa shape index (κ2) is 3.39. The van der Waals surface area contributed by atoms with Gasteiger partial charge in [0.15, 0.2) is 6.04 Å². The van der Waals surface area contributed by atoms with Crippen molar-refractivity contribution < 1.29 is 14.7 Å². The average molecular weight is 226 g/mol. The van der Waals surface area contributed by atoms with Gasteiger partial charge in [0.05, 0.1) is 0 Å².